The van der Waals surface area contributed by atoms with Gasteiger partial charge < -0.3 is 19.9 Å². The predicted octanol–water partition coefficient (Wildman–Crippen LogP) is 2.17. The fraction of sp³-hybridized carbons (Fsp3) is 0.667. The number of morpholine rings is 1. The molecular formula is C15H25N3O2S. The van der Waals surface area contributed by atoms with Crippen molar-refractivity contribution >= 4 is 17.4 Å². The molecule has 2 atom stereocenters. The minimum absolute atomic E-state index is 0.0128. The molecule has 1 aromatic rings. The van der Waals surface area contributed by atoms with Crippen molar-refractivity contribution in [3.8, 4) is 0 Å². The zero-order chi connectivity index (χ0) is 15.2. The first-order chi connectivity index (χ1) is 10.1. The second-order valence-electron chi connectivity index (χ2n) is 5.57. The Morgan fingerprint density at radius 3 is 3.05 bits per heavy atom. The maximum atomic E-state index is 12.3. The SMILES string of the molecule is CC[C@H]1CN(C(=O)NC[C@@H](c2ccsc2)N(C)C)CCO1. The molecule has 1 N–H and O–H groups in total. The van der Waals surface area contributed by atoms with Crippen LogP contribution >= 0.6 is 11.3 Å². The van der Waals surface area contributed by atoms with E-state index in [1.54, 1.807) is 11.3 Å². The van der Waals surface area contributed by atoms with E-state index >= 15 is 0 Å². The number of urea groups is 1. The fourth-order valence-electron chi connectivity index (χ4n) is 2.51. The zero-order valence-corrected chi connectivity index (χ0v) is 13.9. The molecule has 1 aromatic heterocycles. The highest BCUT2D eigenvalue weighted by Gasteiger charge is 2.24. The molecule has 0 aliphatic carbocycles. The van der Waals surface area contributed by atoms with E-state index in [-0.39, 0.29) is 18.2 Å². The molecule has 6 heteroatoms. The van der Waals surface area contributed by atoms with Crippen molar-refractivity contribution < 1.29 is 9.53 Å². The average Bonchev–Trinajstić information content (AvgIpc) is 3.01. The lowest BCUT2D eigenvalue weighted by atomic mass is 10.1. The number of likely N-dealkylation sites (N-methyl/N-ethyl adjacent to an activating group) is 1. The van der Waals surface area contributed by atoms with Crippen LogP contribution in [0.1, 0.15) is 24.9 Å². The van der Waals surface area contributed by atoms with Crippen molar-refractivity contribution in [1.82, 2.24) is 15.1 Å². The third kappa shape index (κ3) is 4.43. The molecule has 5 nitrogen and oxygen atoms in total. The van der Waals surface area contributed by atoms with Gasteiger partial charge >= 0.3 is 6.03 Å². The van der Waals surface area contributed by atoms with E-state index in [1.807, 2.05) is 19.0 Å². The van der Waals surface area contributed by atoms with E-state index in [0.717, 1.165) is 6.42 Å². The fourth-order valence-corrected chi connectivity index (χ4v) is 3.22. The third-order valence-electron chi connectivity index (χ3n) is 3.88. The van der Waals surface area contributed by atoms with Crippen molar-refractivity contribution in [2.24, 2.45) is 0 Å². The topological polar surface area (TPSA) is 44.8 Å². The highest BCUT2D eigenvalue weighted by atomic mass is 32.1. The maximum Gasteiger partial charge on any atom is 0.317 e. The summed E-state index contributed by atoms with van der Waals surface area (Å²) in [6, 6.07) is 2.34. The number of carbonyl (C=O) groups excluding carboxylic acids is 1. The van der Waals surface area contributed by atoms with Gasteiger partial charge in [-0.25, -0.2) is 4.79 Å². The Bertz CT molecular complexity index is 436. The Hall–Kier alpha value is -1.11. The first-order valence-electron chi connectivity index (χ1n) is 7.44. The van der Waals surface area contributed by atoms with Crippen LogP contribution in [-0.2, 0) is 4.74 Å². The van der Waals surface area contributed by atoms with Crippen LogP contribution in [0.2, 0.25) is 0 Å². The summed E-state index contributed by atoms with van der Waals surface area (Å²) in [5.74, 6) is 0. The van der Waals surface area contributed by atoms with Crippen molar-refractivity contribution in [2.75, 3.05) is 40.3 Å². The Morgan fingerprint density at radius 1 is 1.62 bits per heavy atom. The summed E-state index contributed by atoms with van der Waals surface area (Å²) in [7, 11) is 4.08. The molecule has 0 aromatic carbocycles. The van der Waals surface area contributed by atoms with Crippen molar-refractivity contribution in [1.29, 1.82) is 0 Å². The molecule has 0 unspecified atom stereocenters. The molecule has 2 rings (SSSR count). The van der Waals surface area contributed by atoms with Crippen LogP contribution in [-0.4, -0.2) is 62.3 Å². The van der Waals surface area contributed by atoms with Gasteiger partial charge in [0.2, 0.25) is 0 Å². The van der Waals surface area contributed by atoms with E-state index in [9.17, 15) is 4.79 Å². The smallest absolute Gasteiger partial charge is 0.317 e. The number of nitrogens with one attached hydrogen (secondary N) is 1. The largest absolute Gasteiger partial charge is 0.375 e. The van der Waals surface area contributed by atoms with E-state index < -0.39 is 0 Å². The number of nitrogens with zero attached hydrogens (tertiary/aromatic N) is 2. The summed E-state index contributed by atoms with van der Waals surface area (Å²) in [5, 5.41) is 7.27. The minimum Gasteiger partial charge on any atom is -0.375 e. The molecule has 2 amide bonds. The van der Waals surface area contributed by atoms with Crippen LogP contribution in [0.5, 0.6) is 0 Å². The number of amides is 2. The predicted molar refractivity (Wildman–Crippen MR) is 85.7 cm³/mol. The summed E-state index contributed by atoms with van der Waals surface area (Å²) in [6.45, 7) is 4.70. The van der Waals surface area contributed by atoms with Gasteiger partial charge in [0.25, 0.3) is 0 Å². The zero-order valence-electron chi connectivity index (χ0n) is 13.0. The van der Waals surface area contributed by atoms with Gasteiger partial charge in [-0.3, -0.25) is 0 Å². The lowest BCUT2D eigenvalue weighted by Crippen LogP contribution is -2.50. The number of carbonyl (C=O) groups is 1. The highest BCUT2D eigenvalue weighted by molar-refractivity contribution is 7.07. The van der Waals surface area contributed by atoms with Crippen molar-refractivity contribution in [3.05, 3.63) is 22.4 Å². The number of ether oxygens (including phenoxy) is 1. The van der Waals surface area contributed by atoms with Crippen LogP contribution < -0.4 is 5.32 Å². The summed E-state index contributed by atoms with van der Waals surface area (Å²) in [4.78, 5) is 16.3. The molecule has 2 heterocycles. The molecule has 1 saturated heterocycles. The lowest BCUT2D eigenvalue weighted by molar-refractivity contribution is -0.0155. The number of hydrogen-bond acceptors (Lipinski definition) is 4. The first-order valence-corrected chi connectivity index (χ1v) is 8.39. The number of thiophene rings is 1. The van der Waals surface area contributed by atoms with E-state index in [2.05, 4.69) is 34.0 Å². The summed E-state index contributed by atoms with van der Waals surface area (Å²) >= 11 is 1.68. The second kappa shape index (κ2) is 7.77. The summed E-state index contributed by atoms with van der Waals surface area (Å²) in [6.07, 6.45) is 1.12. The number of rotatable bonds is 5. The van der Waals surface area contributed by atoms with Crippen molar-refractivity contribution in [3.63, 3.8) is 0 Å². The van der Waals surface area contributed by atoms with Crippen LogP contribution in [0, 0.1) is 0 Å². The molecule has 118 valence electrons. The summed E-state index contributed by atoms with van der Waals surface area (Å²) < 4.78 is 5.60. The Kier molecular flexibility index (Phi) is 6.02. The molecule has 0 bridgehead atoms. The standard InChI is InChI=1S/C15H25N3O2S/c1-4-13-10-18(6-7-20-13)15(19)16-9-14(17(2)3)12-5-8-21-11-12/h5,8,11,13-14H,4,6-7,9-10H2,1-3H3,(H,16,19)/t13-,14-/m0/s1. The lowest BCUT2D eigenvalue weighted by Gasteiger charge is -2.33. The molecule has 1 aliphatic rings. The van der Waals surface area contributed by atoms with Crippen LogP contribution in [0.3, 0.4) is 0 Å². The van der Waals surface area contributed by atoms with Gasteiger partial charge in [-0.05, 0) is 42.9 Å². The third-order valence-corrected chi connectivity index (χ3v) is 4.58. The molecular weight excluding hydrogens is 286 g/mol. The summed E-state index contributed by atoms with van der Waals surface area (Å²) in [5.41, 5.74) is 1.25. The highest BCUT2D eigenvalue weighted by Crippen LogP contribution is 2.20. The molecule has 21 heavy (non-hydrogen) atoms. The Balaban J connectivity index is 1.87. The van der Waals surface area contributed by atoms with Gasteiger partial charge in [0.1, 0.15) is 0 Å². The van der Waals surface area contributed by atoms with Crippen molar-refractivity contribution in [2.45, 2.75) is 25.5 Å². The van der Waals surface area contributed by atoms with Gasteiger partial charge in [-0.1, -0.05) is 6.92 Å². The normalized spacial score (nSPS) is 20.6. The quantitative estimate of drug-likeness (QED) is 0.906. The minimum atomic E-state index is 0.0128. The van der Waals surface area contributed by atoms with E-state index in [0.29, 0.717) is 26.2 Å². The van der Waals surface area contributed by atoms with Crippen LogP contribution in [0.25, 0.3) is 0 Å². The Labute approximate surface area is 130 Å². The Morgan fingerprint density at radius 2 is 2.43 bits per heavy atom. The van der Waals surface area contributed by atoms with Gasteiger partial charge in [0.15, 0.2) is 0 Å². The maximum absolute atomic E-state index is 12.3. The molecule has 1 fully saturated rings. The van der Waals surface area contributed by atoms with Crippen LogP contribution in [0.4, 0.5) is 4.79 Å². The van der Waals surface area contributed by atoms with Gasteiger partial charge in [-0.2, -0.15) is 11.3 Å². The van der Waals surface area contributed by atoms with E-state index in [1.165, 1.54) is 5.56 Å². The second-order valence-corrected chi connectivity index (χ2v) is 6.35. The average molecular weight is 311 g/mol. The van der Waals surface area contributed by atoms with Crippen LogP contribution in [0.15, 0.2) is 16.8 Å². The molecule has 0 spiro atoms. The molecule has 1 aliphatic heterocycles. The molecule has 0 radical (unpaired) electrons. The van der Waals surface area contributed by atoms with E-state index in [4.69, 9.17) is 4.74 Å². The van der Waals surface area contributed by atoms with Gasteiger partial charge in [-0.15, -0.1) is 0 Å². The number of hydrogen-bond donors (Lipinski definition) is 1. The first kappa shape index (κ1) is 16.3. The molecule has 0 saturated carbocycles. The monoisotopic (exact) mass is 311 g/mol. The van der Waals surface area contributed by atoms with Gasteiger partial charge in [0, 0.05) is 19.6 Å². The van der Waals surface area contributed by atoms with Gasteiger partial charge in [0.05, 0.1) is 18.8 Å².